The molecule has 0 radical (unpaired) electrons. The standard InChI is InChI=1S/C13H13BrFNS/c1-16(9-11-6-7-13(14)17-11)8-10-4-2-3-5-12(10)15/h2-7H,8-9H2,1H3. The van der Waals surface area contributed by atoms with Gasteiger partial charge in [0.2, 0.25) is 0 Å². The van der Waals surface area contributed by atoms with Crippen LogP contribution in [0.25, 0.3) is 0 Å². The largest absolute Gasteiger partial charge is 0.297 e. The summed E-state index contributed by atoms with van der Waals surface area (Å²) in [4.78, 5) is 3.38. The lowest BCUT2D eigenvalue weighted by molar-refractivity contribution is 0.316. The van der Waals surface area contributed by atoms with Crippen molar-refractivity contribution in [2.45, 2.75) is 13.1 Å². The lowest BCUT2D eigenvalue weighted by atomic mass is 10.2. The SMILES string of the molecule is CN(Cc1ccc(Br)s1)Cc1ccccc1F. The van der Waals surface area contributed by atoms with Gasteiger partial charge in [0, 0.05) is 23.5 Å². The molecule has 0 fully saturated rings. The van der Waals surface area contributed by atoms with Gasteiger partial charge < -0.3 is 0 Å². The Morgan fingerprint density at radius 3 is 2.59 bits per heavy atom. The average Bonchev–Trinajstić information content (AvgIpc) is 2.67. The first-order valence-corrected chi connectivity index (χ1v) is 6.92. The summed E-state index contributed by atoms with van der Waals surface area (Å²) in [5.41, 5.74) is 0.741. The first kappa shape index (κ1) is 12.7. The number of rotatable bonds is 4. The molecule has 1 nitrogen and oxygen atoms in total. The average molecular weight is 314 g/mol. The molecule has 2 aromatic rings. The minimum Gasteiger partial charge on any atom is -0.297 e. The van der Waals surface area contributed by atoms with Gasteiger partial charge in [-0.3, -0.25) is 4.90 Å². The maximum absolute atomic E-state index is 13.5. The molecule has 0 atom stereocenters. The zero-order valence-corrected chi connectivity index (χ0v) is 11.9. The summed E-state index contributed by atoms with van der Waals surface area (Å²) < 4.78 is 14.6. The van der Waals surface area contributed by atoms with Crippen molar-refractivity contribution < 1.29 is 4.39 Å². The highest BCUT2D eigenvalue weighted by atomic mass is 79.9. The molecule has 17 heavy (non-hydrogen) atoms. The molecule has 0 saturated heterocycles. The monoisotopic (exact) mass is 313 g/mol. The summed E-state index contributed by atoms with van der Waals surface area (Å²) in [6.07, 6.45) is 0. The van der Waals surface area contributed by atoms with Crippen LogP contribution in [-0.2, 0) is 13.1 Å². The van der Waals surface area contributed by atoms with E-state index in [4.69, 9.17) is 0 Å². The summed E-state index contributed by atoms with van der Waals surface area (Å²) in [6.45, 7) is 1.47. The van der Waals surface area contributed by atoms with Crippen LogP contribution in [0, 0.1) is 5.82 Å². The highest BCUT2D eigenvalue weighted by Gasteiger charge is 2.06. The van der Waals surface area contributed by atoms with E-state index in [9.17, 15) is 4.39 Å². The second kappa shape index (κ2) is 5.76. The third-order valence-electron chi connectivity index (χ3n) is 2.45. The van der Waals surface area contributed by atoms with Crippen molar-refractivity contribution in [2.24, 2.45) is 0 Å². The summed E-state index contributed by atoms with van der Waals surface area (Å²) in [5, 5.41) is 0. The second-order valence-corrected chi connectivity index (χ2v) is 6.52. The molecule has 0 saturated carbocycles. The van der Waals surface area contributed by atoms with Gasteiger partial charge in [-0.15, -0.1) is 11.3 Å². The van der Waals surface area contributed by atoms with Crippen molar-refractivity contribution >= 4 is 27.3 Å². The maximum Gasteiger partial charge on any atom is 0.127 e. The van der Waals surface area contributed by atoms with Gasteiger partial charge in [0.15, 0.2) is 0 Å². The predicted octanol–water partition coefficient (Wildman–Crippen LogP) is 4.28. The van der Waals surface area contributed by atoms with E-state index in [0.717, 1.165) is 15.9 Å². The highest BCUT2D eigenvalue weighted by Crippen LogP contribution is 2.23. The normalized spacial score (nSPS) is 11.1. The van der Waals surface area contributed by atoms with Crippen LogP contribution in [0.3, 0.4) is 0 Å². The summed E-state index contributed by atoms with van der Waals surface area (Å²) in [5.74, 6) is -0.133. The number of hydrogen-bond donors (Lipinski definition) is 0. The number of halogens is 2. The minimum absolute atomic E-state index is 0.133. The second-order valence-electron chi connectivity index (χ2n) is 3.97. The van der Waals surface area contributed by atoms with E-state index in [0.29, 0.717) is 6.54 Å². The van der Waals surface area contributed by atoms with E-state index in [1.165, 1.54) is 10.9 Å². The lowest BCUT2D eigenvalue weighted by Crippen LogP contribution is -2.17. The van der Waals surface area contributed by atoms with Gasteiger partial charge >= 0.3 is 0 Å². The Balaban J connectivity index is 1.98. The molecule has 1 aromatic heterocycles. The van der Waals surface area contributed by atoms with Crippen molar-refractivity contribution in [1.29, 1.82) is 0 Å². The topological polar surface area (TPSA) is 3.24 Å². The van der Waals surface area contributed by atoms with Gasteiger partial charge in [-0.1, -0.05) is 18.2 Å². The van der Waals surface area contributed by atoms with Crippen molar-refractivity contribution in [3.8, 4) is 0 Å². The molecule has 0 aliphatic rings. The van der Waals surface area contributed by atoms with Crippen LogP contribution in [0.15, 0.2) is 40.2 Å². The summed E-state index contributed by atoms with van der Waals surface area (Å²) in [6, 6.07) is 11.0. The highest BCUT2D eigenvalue weighted by molar-refractivity contribution is 9.11. The third-order valence-corrected chi connectivity index (χ3v) is 4.06. The van der Waals surface area contributed by atoms with E-state index >= 15 is 0 Å². The molecular weight excluding hydrogens is 301 g/mol. The van der Waals surface area contributed by atoms with Crippen molar-refractivity contribution in [1.82, 2.24) is 4.90 Å². The molecular formula is C13H13BrFNS. The van der Waals surface area contributed by atoms with Crippen LogP contribution in [0.2, 0.25) is 0 Å². The molecule has 0 spiro atoms. The Kier molecular flexibility index (Phi) is 4.31. The summed E-state index contributed by atoms with van der Waals surface area (Å²) in [7, 11) is 2.00. The molecule has 0 aliphatic heterocycles. The van der Waals surface area contributed by atoms with Crippen LogP contribution in [0.5, 0.6) is 0 Å². The van der Waals surface area contributed by atoms with Crippen LogP contribution in [-0.4, -0.2) is 11.9 Å². The molecule has 0 amide bonds. The smallest absolute Gasteiger partial charge is 0.127 e. The number of hydrogen-bond acceptors (Lipinski definition) is 2. The molecule has 0 unspecified atom stereocenters. The fourth-order valence-corrected chi connectivity index (χ4v) is 3.24. The van der Waals surface area contributed by atoms with E-state index in [-0.39, 0.29) is 5.82 Å². The van der Waals surface area contributed by atoms with E-state index in [2.05, 4.69) is 26.9 Å². The van der Waals surface area contributed by atoms with Gasteiger partial charge in [0.05, 0.1) is 3.79 Å². The zero-order valence-electron chi connectivity index (χ0n) is 9.49. The van der Waals surface area contributed by atoms with E-state index in [1.54, 1.807) is 17.4 Å². The van der Waals surface area contributed by atoms with Gasteiger partial charge in [0.25, 0.3) is 0 Å². The summed E-state index contributed by atoms with van der Waals surface area (Å²) >= 11 is 5.15. The third kappa shape index (κ3) is 3.63. The van der Waals surface area contributed by atoms with Crippen LogP contribution >= 0.6 is 27.3 Å². The van der Waals surface area contributed by atoms with Crippen LogP contribution in [0.1, 0.15) is 10.4 Å². The molecule has 0 bridgehead atoms. The Morgan fingerprint density at radius 2 is 1.94 bits per heavy atom. The number of benzene rings is 1. The molecule has 4 heteroatoms. The fourth-order valence-electron chi connectivity index (χ4n) is 1.68. The Labute approximate surface area is 113 Å². The number of thiophene rings is 1. The fraction of sp³-hybridized carbons (Fsp3) is 0.231. The van der Waals surface area contributed by atoms with Crippen molar-refractivity contribution in [3.63, 3.8) is 0 Å². The maximum atomic E-state index is 13.5. The van der Waals surface area contributed by atoms with Crippen LogP contribution in [0.4, 0.5) is 4.39 Å². The van der Waals surface area contributed by atoms with E-state index < -0.39 is 0 Å². The van der Waals surface area contributed by atoms with E-state index in [1.807, 2.05) is 25.2 Å². The van der Waals surface area contributed by atoms with Gasteiger partial charge in [-0.2, -0.15) is 0 Å². The lowest BCUT2D eigenvalue weighted by Gasteiger charge is -2.15. The van der Waals surface area contributed by atoms with Crippen LogP contribution < -0.4 is 0 Å². The van der Waals surface area contributed by atoms with Gasteiger partial charge in [0.1, 0.15) is 5.82 Å². The first-order chi connectivity index (χ1) is 8.15. The zero-order chi connectivity index (χ0) is 12.3. The molecule has 1 heterocycles. The molecule has 0 N–H and O–H groups in total. The quantitative estimate of drug-likeness (QED) is 0.814. The molecule has 2 rings (SSSR count). The number of nitrogens with zero attached hydrogens (tertiary/aromatic N) is 1. The molecule has 90 valence electrons. The molecule has 1 aromatic carbocycles. The van der Waals surface area contributed by atoms with Crippen molar-refractivity contribution in [2.75, 3.05) is 7.05 Å². The first-order valence-electron chi connectivity index (χ1n) is 5.31. The molecule has 0 aliphatic carbocycles. The Hall–Kier alpha value is -0.710. The minimum atomic E-state index is -0.133. The Bertz CT molecular complexity index is 498. The Morgan fingerprint density at radius 1 is 1.18 bits per heavy atom. The predicted molar refractivity (Wildman–Crippen MR) is 73.6 cm³/mol. The van der Waals surface area contributed by atoms with Gasteiger partial charge in [-0.25, -0.2) is 4.39 Å². The van der Waals surface area contributed by atoms with Crippen molar-refractivity contribution in [3.05, 3.63) is 56.4 Å². The van der Waals surface area contributed by atoms with Gasteiger partial charge in [-0.05, 0) is 41.2 Å².